The van der Waals surface area contributed by atoms with Gasteiger partial charge in [-0.3, -0.25) is 0 Å². The predicted octanol–water partition coefficient (Wildman–Crippen LogP) is 1.88. The summed E-state index contributed by atoms with van der Waals surface area (Å²) in [4.78, 5) is 6.24. The molecular weight excluding hydrogens is 281 g/mol. The van der Waals surface area contributed by atoms with Crippen molar-refractivity contribution in [3.63, 3.8) is 0 Å². The molecule has 2 fully saturated rings. The monoisotopic (exact) mass is 304 g/mol. The number of halogens is 3. The molecule has 0 aromatic heterocycles. The Bertz CT molecular complexity index is 380. The van der Waals surface area contributed by atoms with Crippen LogP contribution in [0.4, 0.5) is 13.2 Å². The van der Waals surface area contributed by atoms with Crippen LogP contribution in [-0.4, -0.2) is 48.8 Å². The van der Waals surface area contributed by atoms with Gasteiger partial charge in [-0.05, 0) is 38.8 Å². The fourth-order valence-electron chi connectivity index (χ4n) is 3.01. The van der Waals surface area contributed by atoms with Gasteiger partial charge < -0.3 is 16.0 Å². The normalized spacial score (nSPS) is 29.0. The fraction of sp³-hybridized carbons (Fsp3) is 0.786. The lowest BCUT2D eigenvalue weighted by Gasteiger charge is -2.46. The number of alkyl halides is 3. The average molecular weight is 304 g/mol. The Morgan fingerprint density at radius 2 is 1.95 bits per heavy atom. The van der Waals surface area contributed by atoms with E-state index in [1.807, 2.05) is 0 Å². The Morgan fingerprint density at radius 3 is 2.48 bits per heavy atom. The van der Waals surface area contributed by atoms with E-state index in [9.17, 15) is 13.2 Å². The number of piperidine rings is 1. The molecule has 2 aliphatic rings. The molecule has 1 heterocycles. The fourth-order valence-corrected chi connectivity index (χ4v) is 3.01. The van der Waals surface area contributed by atoms with E-state index in [0.717, 1.165) is 12.8 Å². The molecule has 1 aliphatic heterocycles. The summed E-state index contributed by atoms with van der Waals surface area (Å²) in [5.74, 6) is -0.710. The molecule has 0 amide bonds. The molecule has 0 bridgehead atoms. The minimum atomic E-state index is -4.04. The van der Waals surface area contributed by atoms with Gasteiger partial charge >= 0.3 is 6.18 Å². The van der Waals surface area contributed by atoms with Gasteiger partial charge in [-0.25, -0.2) is 4.99 Å². The lowest BCUT2D eigenvalue weighted by Crippen LogP contribution is -2.57. The summed E-state index contributed by atoms with van der Waals surface area (Å²) in [5, 5.41) is 3.13. The summed E-state index contributed by atoms with van der Waals surface area (Å²) in [6.45, 7) is 5.14. The standard InChI is InChI=1S/C14H23F3N4/c1-2-5-19-13(18)20-11-8-12(9-11)21-6-3-10(4-7-21)14(15,16)17/h2,10-12H,1,3-9H2,(H3,18,19,20). The zero-order chi connectivity index (χ0) is 15.5. The zero-order valence-corrected chi connectivity index (χ0v) is 12.1. The number of hydrogen-bond acceptors (Lipinski definition) is 2. The largest absolute Gasteiger partial charge is 0.391 e. The molecule has 3 N–H and O–H groups in total. The first kappa shape index (κ1) is 16.1. The van der Waals surface area contributed by atoms with Gasteiger partial charge in [-0.2, -0.15) is 13.2 Å². The third kappa shape index (κ3) is 4.36. The highest BCUT2D eigenvalue weighted by atomic mass is 19.4. The van der Waals surface area contributed by atoms with Crippen LogP contribution >= 0.6 is 0 Å². The molecule has 0 spiro atoms. The Balaban J connectivity index is 1.68. The Labute approximate surface area is 123 Å². The van der Waals surface area contributed by atoms with Gasteiger partial charge in [0.05, 0.1) is 12.5 Å². The van der Waals surface area contributed by atoms with Gasteiger partial charge in [0.15, 0.2) is 5.96 Å². The quantitative estimate of drug-likeness (QED) is 0.474. The van der Waals surface area contributed by atoms with Crippen molar-refractivity contribution in [3.8, 4) is 0 Å². The van der Waals surface area contributed by atoms with E-state index in [1.165, 1.54) is 0 Å². The van der Waals surface area contributed by atoms with Crippen molar-refractivity contribution in [2.45, 2.75) is 43.9 Å². The van der Waals surface area contributed by atoms with Gasteiger partial charge in [0, 0.05) is 12.1 Å². The number of guanidine groups is 1. The van der Waals surface area contributed by atoms with E-state index in [1.54, 1.807) is 6.08 Å². The van der Waals surface area contributed by atoms with E-state index in [0.29, 0.717) is 31.6 Å². The number of hydrogen-bond donors (Lipinski definition) is 2. The van der Waals surface area contributed by atoms with Crippen LogP contribution < -0.4 is 11.1 Å². The Kier molecular flexibility index (Phi) is 5.13. The first-order chi connectivity index (χ1) is 9.90. The highest BCUT2D eigenvalue weighted by Gasteiger charge is 2.43. The number of nitrogens with one attached hydrogen (secondary N) is 1. The van der Waals surface area contributed by atoms with Crippen molar-refractivity contribution in [2.24, 2.45) is 16.6 Å². The van der Waals surface area contributed by atoms with Gasteiger partial charge in [0.2, 0.25) is 0 Å². The third-order valence-corrected chi connectivity index (χ3v) is 4.36. The molecule has 0 unspecified atom stereocenters. The summed E-state index contributed by atoms with van der Waals surface area (Å²) in [7, 11) is 0. The van der Waals surface area contributed by atoms with Crippen molar-refractivity contribution in [1.82, 2.24) is 10.2 Å². The lowest BCUT2D eigenvalue weighted by atomic mass is 9.83. The minimum absolute atomic E-state index is 0.223. The van der Waals surface area contributed by atoms with Crippen LogP contribution in [0, 0.1) is 5.92 Å². The second-order valence-corrected chi connectivity index (χ2v) is 5.83. The summed E-state index contributed by atoms with van der Waals surface area (Å²) in [5.41, 5.74) is 5.71. The van der Waals surface area contributed by atoms with E-state index in [2.05, 4.69) is 21.8 Å². The van der Waals surface area contributed by atoms with Gasteiger partial charge in [-0.1, -0.05) is 6.08 Å². The van der Waals surface area contributed by atoms with Crippen molar-refractivity contribution in [1.29, 1.82) is 0 Å². The average Bonchev–Trinajstić information content (AvgIpc) is 2.39. The van der Waals surface area contributed by atoms with Crippen LogP contribution in [0.2, 0.25) is 0 Å². The maximum Gasteiger partial charge on any atom is 0.391 e. The molecule has 0 atom stereocenters. The SMILES string of the molecule is C=CCN=C(N)NC1CC(N2CCC(C(F)(F)F)CC2)C1. The number of nitrogens with zero attached hydrogens (tertiary/aromatic N) is 2. The lowest BCUT2D eigenvalue weighted by molar-refractivity contribution is -0.187. The Hall–Kier alpha value is -1.24. The van der Waals surface area contributed by atoms with Gasteiger partial charge in [-0.15, -0.1) is 6.58 Å². The summed E-state index contributed by atoms with van der Waals surface area (Å²) in [6.07, 6.45) is -0.0845. The molecule has 1 aliphatic carbocycles. The van der Waals surface area contributed by atoms with Gasteiger partial charge in [0.25, 0.3) is 0 Å². The topological polar surface area (TPSA) is 53.6 Å². The molecule has 7 heteroatoms. The van der Waals surface area contributed by atoms with E-state index in [-0.39, 0.29) is 18.9 Å². The van der Waals surface area contributed by atoms with Crippen LogP contribution in [0.5, 0.6) is 0 Å². The second kappa shape index (κ2) is 6.68. The molecular formula is C14H23F3N4. The molecule has 0 aromatic rings. The van der Waals surface area contributed by atoms with E-state index < -0.39 is 12.1 Å². The van der Waals surface area contributed by atoms with Crippen LogP contribution in [0.3, 0.4) is 0 Å². The number of aliphatic imine (C=N–C) groups is 1. The third-order valence-electron chi connectivity index (χ3n) is 4.36. The molecule has 21 heavy (non-hydrogen) atoms. The predicted molar refractivity (Wildman–Crippen MR) is 77.0 cm³/mol. The first-order valence-electron chi connectivity index (χ1n) is 7.38. The molecule has 1 saturated carbocycles. The molecule has 1 saturated heterocycles. The second-order valence-electron chi connectivity index (χ2n) is 5.83. The molecule has 4 nitrogen and oxygen atoms in total. The first-order valence-corrected chi connectivity index (χ1v) is 7.38. The van der Waals surface area contributed by atoms with Crippen molar-refractivity contribution >= 4 is 5.96 Å². The van der Waals surface area contributed by atoms with Gasteiger partial charge in [0.1, 0.15) is 0 Å². The van der Waals surface area contributed by atoms with Crippen LogP contribution in [0.1, 0.15) is 25.7 Å². The van der Waals surface area contributed by atoms with Crippen molar-refractivity contribution < 1.29 is 13.2 Å². The number of nitrogens with two attached hydrogens (primary N) is 1. The number of likely N-dealkylation sites (tertiary alicyclic amines) is 1. The highest BCUT2D eigenvalue weighted by Crippen LogP contribution is 2.36. The molecule has 0 radical (unpaired) electrons. The van der Waals surface area contributed by atoms with Crippen molar-refractivity contribution in [3.05, 3.63) is 12.7 Å². The molecule has 0 aromatic carbocycles. The maximum atomic E-state index is 12.6. The van der Waals surface area contributed by atoms with Crippen LogP contribution in [0.25, 0.3) is 0 Å². The number of rotatable bonds is 4. The Morgan fingerprint density at radius 1 is 1.33 bits per heavy atom. The summed E-state index contributed by atoms with van der Waals surface area (Å²) >= 11 is 0. The van der Waals surface area contributed by atoms with Crippen molar-refractivity contribution in [2.75, 3.05) is 19.6 Å². The summed E-state index contributed by atoms with van der Waals surface area (Å²) < 4.78 is 37.8. The molecule has 2 rings (SSSR count). The zero-order valence-electron chi connectivity index (χ0n) is 12.1. The van der Waals surface area contributed by atoms with E-state index >= 15 is 0 Å². The van der Waals surface area contributed by atoms with E-state index in [4.69, 9.17) is 5.73 Å². The summed E-state index contributed by atoms with van der Waals surface area (Å²) in [6, 6.07) is 0.660. The molecule has 120 valence electrons. The maximum absolute atomic E-state index is 12.6. The van der Waals surface area contributed by atoms with Crippen LogP contribution in [0.15, 0.2) is 17.6 Å². The minimum Gasteiger partial charge on any atom is -0.370 e. The van der Waals surface area contributed by atoms with Crippen LogP contribution in [-0.2, 0) is 0 Å². The highest BCUT2D eigenvalue weighted by molar-refractivity contribution is 5.78. The smallest absolute Gasteiger partial charge is 0.370 e.